The number of hydrogen-bond acceptors (Lipinski definition) is 4. The van der Waals surface area contributed by atoms with Gasteiger partial charge in [-0.15, -0.1) is 11.3 Å². The van der Waals surface area contributed by atoms with Crippen molar-refractivity contribution in [3.8, 4) is 0 Å². The molecule has 3 heterocycles. The van der Waals surface area contributed by atoms with Gasteiger partial charge in [0.2, 0.25) is 5.91 Å². The smallest absolute Gasteiger partial charge is 0.253 e. The lowest BCUT2D eigenvalue weighted by molar-refractivity contribution is -0.117. The summed E-state index contributed by atoms with van der Waals surface area (Å²) in [5, 5.41) is 1.91. The molecule has 6 heteroatoms. The molecule has 2 aliphatic rings. The highest BCUT2D eigenvalue weighted by Gasteiger charge is 2.30. The first-order valence-electron chi connectivity index (χ1n) is 9.41. The third kappa shape index (κ3) is 3.67. The maximum Gasteiger partial charge on any atom is 0.253 e. The van der Waals surface area contributed by atoms with Crippen LogP contribution in [0, 0.1) is 5.92 Å². The van der Waals surface area contributed by atoms with E-state index in [0.29, 0.717) is 25.1 Å². The third-order valence-corrected chi connectivity index (χ3v) is 6.23. The number of anilines is 1. The number of nitrogens with zero attached hydrogens (tertiary/aromatic N) is 2. The van der Waals surface area contributed by atoms with Gasteiger partial charge < -0.3 is 9.80 Å². The van der Waals surface area contributed by atoms with E-state index in [1.807, 2.05) is 29.6 Å². The fourth-order valence-electron chi connectivity index (χ4n) is 3.88. The number of ketones is 1. The van der Waals surface area contributed by atoms with Crippen molar-refractivity contribution in [2.45, 2.75) is 25.7 Å². The molecule has 2 aromatic rings. The van der Waals surface area contributed by atoms with Crippen LogP contribution in [0.2, 0.25) is 0 Å². The number of amides is 2. The summed E-state index contributed by atoms with van der Waals surface area (Å²) in [4.78, 5) is 41.7. The van der Waals surface area contributed by atoms with Crippen molar-refractivity contribution in [1.29, 1.82) is 0 Å². The Morgan fingerprint density at radius 1 is 1.04 bits per heavy atom. The molecule has 2 fully saturated rings. The molecule has 1 aromatic carbocycles. The van der Waals surface area contributed by atoms with Crippen LogP contribution in [-0.2, 0) is 4.79 Å². The highest BCUT2D eigenvalue weighted by atomic mass is 32.1. The third-order valence-electron chi connectivity index (χ3n) is 5.34. The SMILES string of the molecule is O=C(c1cccs1)[C@H]1CCCN(C(=O)c2ccc(N3CCCC3=O)cc2)C1. The second-order valence-corrected chi connectivity index (χ2v) is 8.08. The van der Waals surface area contributed by atoms with Crippen molar-refractivity contribution in [2.24, 2.45) is 5.92 Å². The summed E-state index contributed by atoms with van der Waals surface area (Å²) in [6.45, 7) is 1.89. The molecule has 27 heavy (non-hydrogen) atoms. The monoisotopic (exact) mass is 382 g/mol. The van der Waals surface area contributed by atoms with Crippen LogP contribution < -0.4 is 4.90 Å². The number of hydrogen-bond donors (Lipinski definition) is 0. The number of carbonyl (C=O) groups is 3. The maximum absolute atomic E-state index is 12.9. The van der Waals surface area contributed by atoms with Gasteiger partial charge >= 0.3 is 0 Å². The first-order chi connectivity index (χ1) is 13.1. The summed E-state index contributed by atoms with van der Waals surface area (Å²) in [6.07, 6.45) is 3.14. The average Bonchev–Trinajstić information content (AvgIpc) is 3.39. The van der Waals surface area contributed by atoms with Crippen molar-refractivity contribution in [2.75, 3.05) is 24.5 Å². The average molecular weight is 382 g/mol. The van der Waals surface area contributed by atoms with Gasteiger partial charge in [0.05, 0.1) is 4.88 Å². The predicted octanol–water partition coefficient (Wildman–Crippen LogP) is 3.61. The van der Waals surface area contributed by atoms with Gasteiger partial charge in [0.15, 0.2) is 5.78 Å². The van der Waals surface area contributed by atoms with E-state index in [-0.39, 0.29) is 23.5 Å². The van der Waals surface area contributed by atoms with Crippen molar-refractivity contribution in [3.63, 3.8) is 0 Å². The van der Waals surface area contributed by atoms with Gasteiger partial charge in [-0.3, -0.25) is 14.4 Å². The van der Waals surface area contributed by atoms with Crippen molar-refractivity contribution < 1.29 is 14.4 Å². The van der Waals surface area contributed by atoms with Crippen LogP contribution in [0.4, 0.5) is 5.69 Å². The molecule has 0 saturated carbocycles. The van der Waals surface area contributed by atoms with E-state index in [0.717, 1.165) is 36.4 Å². The molecule has 0 spiro atoms. The fourth-order valence-corrected chi connectivity index (χ4v) is 4.63. The Labute approximate surface area is 162 Å². The lowest BCUT2D eigenvalue weighted by Gasteiger charge is -2.32. The number of Topliss-reactive ketones (excluding diaryl/α,β-unsaturated/α-hetero) is 1. The van der Waals surface area contributed by atoms with Crippen LogP contribution in [0.3, 0.4) is 0 Å². The second-order valence-electron chi connectivity index (χ2n) is 7.13. The molecule has 140 valence electrons. The zero-order chi connectivity index (χ0) is 18.8. The molecule has 0 unspecified atom stereocenters. The molecule has 4 rings (SSSR count). The minimum atomic E-state index is -0.122. The first kappa shape index (κ1) is 17.9. The highest BCUT2D eigenvalue weighted by molar-refractivity contribution is 7.12. The molecule has 1 atom stereocenters. The summed E-state index contributed by atoms with van der Waals surface area (Å²) < 4.78 is 0. The first-order valence-corrected chi connectivity index (χ1v) is 10.3. The van der Waals surface area contributed by atoms with Crippen LogP contribution in [0.1, 0.15) is 45.7 Å². The lowest BCUT2D eigenvalue weighted by Crippen LogP contribution is -2.42. The molecule has 2 saturated heterocycles. The minimum absolute atomic E-state index is 0.0435. The van der Waals surface area contributed by atoms with Gasteiger partial charge in [0.1, 0.15) is 0 Å². The topological polar surface area (TPSA) is 57.7 Å². The summed E-state index contributed by atoms with van der Waals surface area (Å²) in [5.74, 6) is 0.117. The summed E-state index contributed by atoms with van der Waals surface area (Å²) in [5.41, 5.74) is 1.45. The molecule has 2 amide bonds. The minimum Gasteiger partial charge on any atom is -0.338 e. The summed E-state index contributed by atoms with van der Waals surface area (Å²) in [7, 11) is 0. The summed E-state index contributed by atoms with van der Waals surface area (Å²) >= 11 is 1.46. The number of benzene rings is 1. The summed E-state index contributed by atoms with van der Waals surface area (Å²) in [6, 6.07) is 11.0. The zero-order valence-corrected chi connectivity index (χ0v) is 15.9. The van der Waals surface area contributed by atoms with Crippen LogP contribution in [0.15, 0.2) is 41.8 Å². The van der Waals surface area contributed by atoms with E-state index >= 15 is 0 Å². The molecular formula is C21H22N2O3S. The molecule has 2 aliphatic heterocycles. The van der Waals surface area contributed by atoms with Gasteiger partial charge in [-0.05, 0) is 55.0 Å². The Morgan fingerprint density at radius 2 is 1.85 bits per heavy atom. The number of rotatable bonds is 4. The van der Waals surface area contributed by atoms with Gasteiger partial charge in [-0.1, -0.05) is 6.07 Å². The second kappa shape index (κ2) is 7.64. The predicted molar refractivity (Wildman–Crippen MR) is 105 cm³/mol. The van der Waals surface area contributed by atoms with Crippen LogP contribution in [0.5, 0.6) is 0 Å². The Balaban J connectivity index is 1.44. The normalized spacial score (nSPS) is 20.1. The molecule has 5 nitrogen and oxygen atoms in total. The van der Waals surface area contributed by atoms with E-state index in [2.05, 4.69) is 0 Å². The fraction of sp³-hybridized carbons (Fsp3) is 0.381. The van der Waals surface area contributed by atoms with Crippen LogP contribution in [-0.4, -0.2) is 42.1 Å². The number of carbonyl (C=O) groups excluding carboxylic acids is 3. The maximum atomic E-state index is 12.9. The number of likely N-dealkylation sites (tertiary alicyclic amines) is 1. The quantitative estimate of drug-likeness (QED) is 0.759. The van der Waals surface area contributed by atoms with E-state index < -0.39 is 0 Å². The molecule has 0 N–H and O–H groups in total. The molecular weight excluding hydrogens is 360 g/mol. The van der Waals surface area contributed by atoms with Gasteiger partial charge in [0.25, 0.3) is 5.91 Å². The Kier molecular flexibility index (Phi) is 5.07. The Bertz CT molecular complexity index is 845. The number of piperidine rings is 1. The molecule has 0 radical (unpaired) electrons. The van der Waals surface area contributed by atoms with E-state index in [1.54, 1.807) is 21.9 Å². The largest absolute Gasteiger partial charge is 0.338 e. The van der Waals surface area contributed by atoms with Gasteiger partial charge in [0, 0.05) is 43.2 Å². The Morgan fingerprint density at radius 3 is 2.52 bits per heavy atom. The standard InChI is InChI=1S/C21H22N2O3S/c24-19-6-2-12-23(19)17-9-7-15(8-10-17)21(26)22-11-1-4-16(14-22)20(25)18-5-3-13-27-18/h3,5,7-10,13,16H,1-2,4,6,11-12,14H2/t16-/m0/s1. The van der Waals surface area contributed by atoms with E-state index in [1.165, 1.54) is 11.3 Å². The molecule has 0 aliphatic carbocycles. The van der Waals surface area contributed by atoms with Crippen LogP contribution >= 0.6 is 11.3 Å². The lowest BCUT2D eigenvalue weighted by atomic mass is 9.92. The molecule has 1 aromatic heterocycles. The van der Waals surface area contributed by atoms with Crippen molar-refractivity contribution in [3.05, 3.63) is 52.2 Å². The van der Waals surface area contributed by atoms with E-state index in [9.17, 15) is 14.4 Å². The van der Waals surface area contributed by atoms with Crippen molar-refractivity contribution >= 4 is 34.6 Å². The Hall–Kier alpha value is -2.47. The highest BCUT2D eigenvalue weighted by Crippen LogP contribution is 2.26. The van der Waals surface area contributed by atoms with Crippen molar-refractivity contribution in [1.82, 2.24) is 4.90 Å². The van der Waals surface area contributed by atoms with Crippen LogP contribution in [0.25, 0.3) is 0 Å². The zero-order valence-electron chi connectivity index (χ0n) is 15.1. The number of thiophene rings is 1. The molecule has 0 bridgehead atoms. The van der Waals surface area contributed by atoms with Gasteiger partial charge in [-0.2, -0.15) is 0 Å². The van der Waals surface area contributed by atoms with E-state index in [4.69, 9.17) is 0 Å². The van der Waals surface area contributed by atoms with Gasteiger partial charge in [-0.25, -0.2) is 0 Å².